The zero-order valence-electron chi connectivity index (χ0n) is 18.9. The maximum atomic E-state index is 5.36. The molecule has 4 nitrogen and oxygen atoms in total. The van der Waals surface area contributed by atoms with E-state index in [0.717, 1.165) is 51.6 Å². The van der Waals surface area contributed by atoms with Gasteiger partial charge in [0, 0.05) is 27.2 Å². The molecule has 3 rings (SSSR count). The first kappa shape index (κ1) is 22.2. The van der Waals surface area contributed by atoms with E-state index in [-0.39, 0.29) is 2.85 Å². The number of nitrogens with zero attached hydrogens (tertiary/aromatic N) is 1. The molecular weight excluding hydrogens is 382 g/mol. The Kier molecular flexibility index (Phi) is 7.14. The predicted octanol–water partition coefficient (Wildman–Crippen LogP) is 6.46. The van der Waals surface area contributed by atoms with Crippen molar-refractivity contribution in [1.82, 2.24) is 10.6 Å². The summed E-state index contributed by atoms with van der Waals surface area (Å²) in [4.78, 5) is 4.62. The van der Waals surface area contributed by atoms with Crippen molar-refractivity contribution in [1.29, 1.82) is 0 Å². The predicted molar refractivity (Wildman–Crippen MR) is 134 cm³/mol. The van der Waals surface area contributed by atoms with Crippen LogP contribution in [0.15, 0.2) is 111 Å². The molecule has 0 bridgehead atoms. The summed E-state index contributed by atoms with van der Waals surface area (Å²) in [7, 11) is 1.84. The fourth-order valence-corrected chi connectivity index (χ4v) is 3.56. The van der Waals surface area contributed by atoms with Crippen LogP contribution < -0.4 is 10.6 Å². The van der Waals surface area contributed by atoms with Crippen molar-refractivity contribution >= 4 is 5.71 Å². The molecule has 164 valence electrons. The summed E-state index contributed by atoms with van der Waals surface area (Å²) in [6, 6.07) is 12.3. The molecule has 0 spiro atoms. The van der Waals surface area contributed by atoms with E-state index < -0.39 is 0 Å². The molecule has 0 saturated heterocycles. The van der Waals surface area contributed by atoms with Crippen LogP contribution in [0.3, 0.4) is 0 Å². The van der Waals surface area contributed by atoms with E-state index in [4.69, 9.17) is 4.42 Å². The Morgan fingerprint density at radius 2 is 1.94 bits per heavy atom. The second kappa shape index (κ2) is 9.98. The van der Waals surface area contributed by atoms with Gasteiger partial charge in [0.2, 0.25) is 0 Å². The molecule has 0 atom stereocenters. The molecule has 0 amide bonds. The minimum Gasteiger partial charge on any atom is -0.467 e. The quantitative estimate of drug-likeness (QED) is 0.383. The Balaban J connectivity index is 0.00000272. The van der Waals surface area contributed by atoms with Crippen molar-refractivity contribution in [3.63, 3.8) is 0 Å². The van der Waals surface area contributed by atoms with E-state index in [1.54, 1.807) is 6.26 Å². The molecule has 2 N–H and O–H groups in total. The van der Waals surface area contributed by atoms with E-state index in [9.17, 15) is 0 Å². The van der Waals surface area contributed by atoms with E-state index in [0.29, 0.717) is 6.54 Å². The number of aliphatic imine (C=N–C) groups is 1. The average Bonchev–Trinajstić information content (AvgIpc) is 3.29. The maximum absolute atomic E-state index is 5.36. The van der Waals surface area contributed by atoms with Gasteiger partial charge < -0.3 is 15.1 Å². The molecule has 1 aliphatic heterocycles. The second-order valence-corrected chi connectivity index (χ2v) is 7.84. The summed E-state index contributed by atoms with van der Waals surface area (Å²) in [5, 5.41) is 6.66. The Morgan fingerprint density at radius 1 is 1.19 bits per heavy atom. The fourth-order valence-electron chi connectivity index (χ4n) is 3.56. The molecule has 1 aromatic carbocycles. The van der Waals surface area contributed by atoms with Crippen molar-refractivity contribution in [2.75, 3.05) is 7.05 Å². The number of rotatable bonds is 8. The lowest BCUT2D eigenvalue weighted by molar-refractivity contribution is 0.496. The average molecular weight is 418 g/mol. The highest BCUT2D eigenvalue weighted by Gasteiger charge is 2.19. The lowest BCUT2D eigenvalue weighted by Gasteiger charge is -2.22. The number of allylic oxidation sites excluding steroid dienone is 5. The smallest absolute Gasteiger partial charge is 0.122 e. The van der Waals surface area contributed by atoms with Crippen LogP contribution in [0, 0.1) is 6.92 Å². The van der Waals surface area contributed by atoms with Crippen LogP contribution in [-0.2, 0) is 6.54 Å². The second-order valence-electron chi connectivity index (χ2n) is 7.84. The van der Waals surface area contributed by atoms with Crippen molar-refractivity contribution in [2.24, 2.45) is 4.99 Å². The molecule has 4 heteroatoms. The van der Waals surface area contributed by atoms with Crippen LogP contribution in [0.4, 0.5) is 0 Å². The van der Waals surface area contributed by atoms with Gasteiger partial charge in [-0.3, -0.25) is 4.99 Å². The lowest BCUT2D eigenvalue weighted by Crippen LogP contribution is -2.22. The Bertz CT molecular complexity index is 1080. The molecule has 0 unspecified atom stereocenters. The SMILES string of the molecule is C=C(NCc1ccco1)C1=CCC(C(=C)C(C(=NC)c2ccc(C)cc2)=C(C)C)=CN1.[HH].[HH]. The Labute approximate surface area is 188 Å². The highest BCUT2D eigenvalue weighted by atomic mass is 16.3. The molecule has 2 heterocycles. The number of nitrogens with one attached hydrogen (secondary N) is 2. The van der Waals surface area contributed by atoms with Crippen molar-refractivity contribution in [2.45, 2.75) is 33.7 Å². The molecule has 0 saturated carbocycles. The molecule has 0 radical (unpaired) electrons. The van der Waals surface area contributed by atoms with Gasteiger partial charge in [0.1, 0.15) is 5.76 Å². The van der Waals surface area contributed by atoms with Crippen molar-refractivity contribution in [3.05, 3.63) is 119 Å². The van der Waals surface area contributed by atoms with Crippen LogP contribution in [0.5, 0.6) is 0 Å². The van der Waals surface area contributed by atoms with Gasteiger partial charge in [-0.25, -0.2) is 0 Å². The summed E-state index contributed by atoms with van der Waals surface area (Å²) in [5.41, 5.74) is 9.48. The van der Waals surface area contributed by atoms with E-state index >= 15 is 0 Å². The highest BCUT2D eigenvalue weighted by Crippen LogP contribution is 2.29. The van der Waals surface area contributed by atoms with E-state index in [1.807, 2.05) is 25.4 Å². The van der Waals surface area contributed by atoms with E-state index in [1.165, 1.54) is 11.1 Å². The van der Waals surface area contributed by atoms with Crippen LogP contribution in [0.2, 0.25) is 0 Å². The van der Waals surface area contributed by atoms with Gasteiger partial charge in [-0.05, 0) is 50.5 Å². The number of benzene rings is 1. The van der Waals surface area contributed by atoms with Crippen LogP contribution in [0.25, 0.3) is 0 Å². The van der Waals surface area contributed by atoms with Crippen LogP contribution in [0.1, 0.15) is 40.0 Å². The summed E-state index contributed by atoms with van der Waals surface area (Å²) in [6.45, 7) is 15.5. The summed E-state index contributed by atoms with van der Waals surface area (Å²) in [5.74, 6) is 0.873. The van der Waals surface area contributed by atoms with Gasteiger partial charge in [-0.15, -0.1) is 0 Å². The highest BCUT2D eigenvalue weighted by molar-refractivity contribution is 6.16. The first-order valence-corrected chi connectivity index (χ1v) is 10.4. The molecule has 2 aromatic rings. The molecular formula is C27H35N3O. The number of furan rings is 1. The summed E-state index contributed by atoms with van der Waals surface area (Å²) >= 11 is 0. The zero-order valence-corrected chi connectivity index (χ0v) is 18.9. The number of aryl methyl sites for hydroxylation is 1. The third kappa shape index (κ3) is 5.34. The third-order valence-electron chi connectivity index (χ3n) is 5.28. The molecule has 0 fully saturated rings. The standard InChI is InChI=1S/C27H31N3O.2H2/c1-18(2)26(27(28-6)22-11-9-19(3)10-12-22)20(4)23-13-14-25(30-16-23)21(5)29-17-24-8-7-15-31-24;;/h7-12,14-16,29-30H,4-5,13,17H2,1-3,6H3;2*1H. The third-order valence-corrected chi connectivity index (χ3v) is 5.28. The fraction of sp³-hybridized carbons (Fsp3) is 0.222. The van der Waals surface area contributed by atoms with Gasteiger partial charge >= 0.3 is 0 Å². The normalized spacial score (nSPS) is 13.6. The number of dihydropyridines is 1. The Morgan fingerprint density at radius 3 is 2.48 bits per heavy atom. The summed E-state index contributed by atoms with van der Waals surface area (Å²) < 4.78 is 5.36. The first-order valence-electron chi connectivity index (χ1n) is 10.4. The molecule has 1 aliphatic rings. The van der Waals surface area contributed by atoms with Crippen molar-refractivity contribution < 1.29 is 7.27 Å². The van der Waals surface area contributed by atoms with Crippen LogP contribution >= 0.6 is 0 Å². The van der Waals surface area contributed by atoms with Crippen LogP contribution in [-0.4, -0.2) is 12.8 Å². The number of hydrogen-bond acceptors (Lipinski definition) is 4. The molecule has 0 aliphatic carbocycles. The topological polar surface area (TPSA) is 49.6 Å². The van der Waals surface area contributed by atoms with Gasteiger partial charge in [0.25, 0.3) is 0 Å². The monoisotopic (exact) mass is 417 g/mol. The lowest BCUT2D eigenvalue weighted by atomic mass is 9.87. The van der Waals surface area contributed by atoms with Gasteiger partial charge in [0.15, 0.2) is 0 Å². The van der Waals surface area contributed by atoms with Crippen molar-refractivity contribution in [3.8, 4) is 0 Å². The minimum atomic E-state index is 0. The zero-order chi connectivity index (χ0) is 22.4. The maximum Gasteiger partial charge on any atom is 0.122 e. The largest absolute Gasteiger partial charge is 0.467 e. The van der Waals surface area contributed by atoms with E-state index in [2.05, 4.69) is 79.9 Å². The molecule has 31 heavy (non-hydrogen) atoms. The first-order chi connectivity index (χ1) is 14.9. The van der Waals surface area contributed by atoms with Gasteiger partial charge in [-0.2, -0.15) is 0 Å². The minimum absolute atomic E-state index is 0. The number of hydrogen-bond donors (Lipinski definition) is 2. The molecule has 1 aromatic heterocycles. The summed E-state index contributed by atoms with van der Waals surface area (Å²) in [6.07, 6.45) is 6.59. The Hall–Kier alpha value is -3.53. The van der Waals surface area contributed by atoms with Gasteiger partial charge in [0.05, 0.1) is 29.9 Å². The van der Waals surface area contributed by atoms with Gasteiger partial charge in [-0.1, -0.05) is 54.6 Å².